The van der Waals surface area contributed by atoms with E-state index in [0.29, 0.717) is 30.6 Å². The van der Waals surface area contributed by atoms with Crippen molar-refractivity contribution in [1.29, 1.82) is 0 Å². The summed E-state index contributed by atoms with van der Waals surface area (Å²) in [4.78, 5) is 190. The van der Waals surface area contributed by atoms with Crippen LogP contribution in [0.3, 0.4) is 0 Å². The molecule has 0 spiro atoms. The number of carbonyl (C=O) groups excluding carboxylic acids is 11. The van der Waals surface area contributed by atoms with Crippen LogP contribution in [0.15, 0.2) is 40.3 Å². The van der Waals surface area contributed by atoms with Gasteiger partial charge in [0.25, 0.3) is 0 Å². The summed E-state index contributed by atoms with van der Waals surface area (Å²) < 4.78 is 0. The summed E-state index contributed by atoms with van der Waals surface area (Å²) in [5.41, 5.74) is 34.0. The largest absolute Gasteiger partial charge is 0.481 e. The molecule has 100 heavy (non-hydrogen) atoms. The monoisotopic (exact) mass is 1430 g/mol. The average Bonchev–Trinajstić information content (AvgIpc) is 1.60. The second-order valence-electron chi connectivity index (χ2n) is 25.3. The number of aliphatic carboxylic acids is 2. The summed E-state index contributed by atoms with van der Waals surface area (Å²) in [5.74, 6) is -13.5. The predicted octanol–water partition coefficient (Wildman–Crippen LogP) is -5.86. The Morgan fingerprint density at radius 3 is 1.51 bits per heavy atom. The number of carboxylic acids is 2. The van der Waals surface area contributed by atoms with E-state index in [2.05, 4.69) is 57.8 Å². The van der Waals surface area contributed by atoms with Crippen molar-refractivity contribution in [3.05, 3.63) is 35.9 Å². The first-order valence-corrected chi connectivity index (χ1v) is 34.9. The van der Waals surface area contributed by atoms with Gasteiger partial charge in [0, 0.05) is 32.6 Å². The number of guanidine groups is 2. The zero-order valence-electron chi connectivity index (χ0n) is 57.5. The summed E-state index contributed by atoms with van der Waals surface area (Å²) in [7, 11) is 0. The molecule has 25 N–H and O–H groups in total. The highest BCUT2D eigenvalue weighted by atomic mass is 32.2. The number of rotatable bonds is 45. The standard InChI is InChI=1S/C63H105N19O17S/c1-34(2)29-42(53(90)76-43(31-48(85)86)54(91)79-45(33-84)55(92)75-41(61(98)99)19-12-25-71-63(68)69)77-57(94)47-21-13-26-81(47)59(96)40(18-11-24-70-62(66)67)74-56(93)46-20-14-27-82(46)60(97)44(30-36-15-7-6-8-16-36)78-51(88)38(17-9-10-23-64)73-58(95)49(35(3)4)80-52(89)39(22-28-100-5)72-50(87)37(65)32-83/h6-8,15-16,34-35,37-47,49,83-84H,9-14,17-33,64-65H2,1-5H3,(H,72,87)(H,73,95)(H,74,93)(H,75,92)(H,76,90)(H,77,94)(H,78,88)(H,79,91)(H,80,89)(H,85,86)(H,98,99)(H4,66,67,70)(H4,68,69,71)/t37-,38-,39-,40-,41-,42-,43-,44-,45-,46-,47-,49-/m0/s1. The van der Waals surface area contributed by atoms with Crippen molar-refractivity contribution in [2.75, 3.05) is 57.9 Å². The quantitative estimate of drug-likeness (QED) is 0.0164. The molecule has 2 heterocycles. The van der Waals surface area contributed by atoms with Gasteiger partial charge >= 0.3 is 11.9 Å². The third kappa shape index (κ3) is 29.1. The number of hydrogen-bond acceptors (Lipinski definition) is 20. The van der Waals surface area contributed by atoms with Gasteiger partial charge in [0.15, 0.2) is 11.9 Å². The molecule has 2 saturated heterocycles. The number of thioether (sulfide) groups is 1. The first kappa shape index (κ1) is 85.3. The molecule has 1 aromatic rings. The molecule has 0 aliphatic carbocycles. The number of amides is 11. The number of unbranched alkanes of at least 4 members (excludes halogenated alkanes) is 1. The number of carboxylic acid groups (broad SMARTS) is 2. The highest BCUT2D eigenvalue weighted by Gasteiger charge is 2.44. The highest BCUT2D eigenvalue weighted by molar-refractivity contribution is 7.98. The number of hydrogen-bond donors (Lipinski definition) is 19. The first-order valence-electron chi connectivity index (χ1n) is 33.5. The fourth-order valence-corrected chi connectivity index (χ4v) is 11.6. The van der Waals surface area contributed by atoms with Crippen molar-refractivity contribution in [3.63, 3.8) is 0 Å². The van der Waals surface area contributed by atoms with Crippen molar-refractivity contribution >= 4 is 101 Å². The van der Waals surface area contributed by atoms with E-state index < -0.39 is 175 Å². The number of aliphatic imine (C=N–C) groups is 2. The van der Waals surface area contributed by atoms with Gasteiger partial charge < -0.3 is 112 Å². The number of nitrogens with one attached hydrogen (secondary N) is 9. The molecule has 0 unspecified atom stereocenters. The molecule has 0 bridgehead atoms. The van der Waals surface area contributed by atoms with Gasteiger partial charge in [-0.05, 0) is 119 Å². The van der Waals surface area contributed by atoms with Crippen LogP contribution in [0.2, 0.25) is 0 Å². The van der Waals surface area contributed by atoms with E-state index in [1.165, 1.54) is 21.6 Å². The molecule has 560 valence electrons. The Morgan fingerprint density at radius 1 is 0.540 bits per heavy atom. The number of nitrogens with zero attached hydrogens (tertiary/aromatic N) is 4. The maximum absolute atomic E-state index is 15.1. The summed E-state index contributed by atoms with van der Waals surface area (Å²) in [5, 5.41) is 62.0. The van der Waals surface area contributed by atoms with Crippen molar-refractivity contribution in [3.8, 4) is 0 Å². The normalized spacial score (nSPS) is 17.2. The van der Waals surface area contributed by atoms with E-state index in [0.717, 1.165) is 0 Å². The summed E-state index contributed by atoms with van der Waals surface area (Å²) in [6.07, 6.45) is 2.33. The second kappa shape index (κ2) is 44.2. The van der Waals surface area contributed by atoms with Crippen LogP contribution in [-0.4, -0.2) is 250 Å². The summed E-state index contributed by atoms with van der Waals surface area (Å²) in [6, 6.07) is -8.18. The first-order chi connectivity index (χ1) is 47.4. The van der Waals surface area contributed by atoms with E-state index in [-0.39, 0.29) is 121 Å². The second-order valence-corrected chi connectivity index (χ2v) is 26.3. The molecule has 36 nitrogen and oxygen atoms in total. The number of aliphatic hydroxyl groups is 2. The average molecular weight is 1430 g/mol. The molecule has 3 rings (SSSR count). The third-order valence-corrected chi connectivity index (χ3v) is 17.1. The lowest BCUT2D eigenvalue weighted by Gasteiger charge is -2.33. The Labute approximate surface area is 585 Å². The Bertz CT molecular complexity index is 2980. The molecule has 2 aliphatic rings. The molecule has 12 atom stereocenters. The minimum Gasteiger partial charge on any atom is -0.481 e. The molecular formula is C63H105N19O17S. The molecule has 0 aromatic heterocycles. The molecule has 0 radical (unpaired) electrons. The van der Waals surface area contributed by atoms with Gasteiger partial charge in [-0.25, -0.2) is 4.79 Å². The summed E-state index contributed by atoms with van der Waals surface area (Å²) in [6.45, 7) is 5.30. The molecule has 11 amide bonds. The van der Waals surface area contributed by atoms with Gasteiger partial charge in [0.1, 0.15) is 72.5 Å². The van der Waals surface area contributed by atoms with Crippen LogP contribution < -0.4 is 82.3 Å². The Morgan fingerprint density at radius 2 is 1.00 bits per heavy atom. The lowest BCUT2D eigenvalue weighted by Crippen LogP contribution is -2.61. The molecule has 2 fully saturated rings. The minimum atomic E-state index is -1.92. The Kier molecular flexibility index (Phi) is 37.7. The maximum Gasteiger partial charge on any atom is 0.326 e. The lowest BCUT2D eigenvalue weighted by atomic mass is 10.00. The zero-order chi connectivity index (χ0) is 74.8. The molecule has 2 aliphatic heterocycles. The number of benzene rings is 1. The van der Waals surface area contributed by atoms with Crippen LogP contribution in [0.1, 0.15) is 123 Å². The van der Waals surface area contributed by atoms with Crippen molar-refractivity contribution < 1.29 is 82.8 Å². The van der Waals surface area contributed by atoms with Crippen LogP contribution in [0, 0.1) is 11.8 Å². The number of carbonyl (C=O) groups is 13. The van der Waals surface area contributed by atoms with Gasteiger partial charge in [-0.2, -0.15) is 11.8 Å². The maximum atomic E-state index is 15.1. The van der Waals surface area contributed by atoms with Crippen LogP contribution in [0.5, 0.6) is 0 Å². The lowest BCUT2D eigenvalue weighted by molar-refractivity contribution is -0.145. The summed E-state index contributed by atoms with van der Waals surface area (Å²) >= 11 is 1.41. The minimum absolute atomic E-state index is 0.000619. The van der Waals surface area contributed by atoms with Crippen molar-refractivity contribution in [2.24, 2.45) is 56.2 Å². The van der Waals surface area contributed by atoms with Crippen molar-refractivity contribution in [2.45, 2.75) is 197 Å². The number of nitrogens with two attached hydrogens (primary N) is 6. The SMILES string of the molecule is CSCC[C@H](NC(=O)[C@@H](N)CO)C(=O)N[C@H](C(=O)N[C@@H](CCCCN)C(=O)N[C@@H](Cc1ccccc1)C(=O)N1CCC[C@H]1C(=O)N[C@@H](CCCN=C(N)N)C(=O)N1CCC[C@H]1C(=O)N[C@@H](CC(C)C)C(=O)N[C@@H](CC(=O)O)C(=O)N[C@@H](CO)C(=O)N[C@@H](CCCN=C(N)N)C(=O)O)C(C)C. The fourth-order valence-electron chi connectivity index (χ4n) is 11.2. The topological polar surface area (TPSA) is 598 Å². The van der Waals surface area contributed by atoms with Crippen molar-refractivity contribution in [1.82, 2.24) is 57.7 Å². The van der Waals surface area contributed by atoms with Crippen LogP contribution >= 0.6 is 11.8 Å². The Hall–Kier alpha value is -8.94. The van der Waals surface area contributed by atoms with Crippen LogP contribution in [0.4, 0.5) is 0 Å². The Balaban J connectivity index is 1.93. The van der Waals surface area contributed by atoms with E-state index >= 15 is 4.79 Å². The van der Waals surface area contributed by atoms with E-state index in [4.69, 9.17) is 34.4 Å². The third-order valence-electron chi connectivity index (χ3n) is 16.5. The van der Waals surface area contributed by atoms with Gasteiger partial charge in [-0.15, -0.1) is 0 Å². The van der Waals surface area contributed by atoms with Gasteiger partial charge in [-0.3, -0.25) is 67.5 Å². The van der Waals surface area contributed by atoms with E-state index in [9.17, 15) is 78.0 Å². The number of likely N-dealkylation sites (tertiary alicyclic amines) is 2. The molecule has 1 aromatic carbocycles. The van der Waals surface area contributed by atoms with Gasteiger partial charge in [0.05, 0.1) is 19.6 Å². The van der Waals surface area contributed by atoms with Crippen LogP contribution in [0.25, 0.3) is 0 Å². The van der Waals surface area contributed by atoms with E-state index in [1.807, 2.05) is 0 Å². The fraction of sp³-hybridized carbons (Fsp3) is 0.667. The molecular weight excluding hydrogens is 1330 g/mol. The van der Waals surface area contributed by atoms with Gasteiger partial charge in [-0.1, -0.05) is 58.0 Å². The smallest absolute Gasteiger partial charge is 0.326 e. The highest BCUT2D eigenvalue weighted by Crippen LogP contribution is 2.24. The predicted molar refractivity (Wildman–Crippen MR) is 369 cm³/mol. The van der Waals surface area contributed by atoms with E-state index in [1.54, 1.807) is 64.3 Å². The molecule has 37 heteroatoms. The van der Waals surface area contributed by atoms with Gasteiger partial charge in [0.2, 0.25) is 65.0 Å². The molecule has 0 saturated carbocycles. The zero-order valence-corrected chi connectivity index (χ0v) is 58.3. The van der Waals surface area contributed by atoms with Crippen LogP contribution in [-0.2, 0) is 68.7 Å². The number of aliphatic hydroxyl groups excluding tert-OH is 2.